The lowest BCUT2D eigenvalue weighted by Crippen LogP contribution is -2.58. The highest BCUT2D eigenvalue weighted by atomic mass is 32.1. The van der Waals surface area contributed by atoms with Crippen LogP contribution in [0.5, 0.6) is 0 Å². The van der Waals surface area contributed by atoms with Crippen molar-refractivity contribution in [2.75, 3.05) is 53.8 Å². The van der Waals surface area contributed by atoms with Crippen molar-refractivity contribution in [1.82, 2.24) is 30.2 Å². The first-order valence-corrected chi connectivity index (χ1v) is 28.3. The number of nitrogens with zero attached hydrogens (tertiary/aromatic N) is 4. The molecule has 1 aromatic rings. The van der Waals surface area contributed by atoms with E-state index in [1.807, 2.05) is 102 Å². The number of anilines is 1. The summed E-state index contributed by atoms with van der Waals surface area (Å²) in [5, 5.41) is 9.51. The highest BCUT2D eigenvalue weighted by Gasteiger charge is 2.43. The molecule has 17 nitrogen and oxygen atoms in total. The Bertz CT molecular complexity index is 2360. The minimum Gasteiger partial charge on any atom is -0.468 e. The van der Waals surface area contributed by atoms with Gasteiger partial charge >= 0.3 is 5.97 Å². The number of esters is 1. The molecule has 4 rings (SSSR count). The first-order valence-electron chi connectivity index (χ1n) is 27.4. The Morgan fingerprint density at radius 2 is 1.66 bits per heavy atom. The first-order chi connectivity index (χ1) is 36.7. The Morgan fingerprint density at radius 1 is 0.948 bits per heavy atom. The Balaban J connectivity index is 1.43. The van der Waals surface area contributed by atoms with Gasteiger partial charge in [0.1, 0.15) is 12.1 Å². The largest absolute Gasteiger partial charge is 0.468 e. The molecule has 0 radical (unpaired) electrons. The normalized spacial score (nSPS) is 19.3. The molecule has 0 aromatic heterocycles. The van der Waals surface area contributed by atoms with Gasteiger partial charge in [-0.25, -0.2) is 0 Å². The van der Waals surface area contributed by atoms with E-state index < -0.39 is 36.4 Å². The van der Waals surface area contributed by atoms with Crippen LogP contribution < -0.4 is 16.0 Å². The van der Waals surface area contributed by atoms with Crippen LogP contribution in [0.4, 0.5) is 5.69 Å². The lowest BCUT2D eigenvalue weighted by Gasteiger charge is -2.40. The number of methoxy groups -OCH3 is 3. The summed E-state index contributed by atoms with van der Waals surface area (Å²) in [5.74, 6) is 1.90. The molecule has 10 atom stereocenters. The van der Waals surface area contributed by atoms with Crippen molar-refractivity contribution in [2.24, 2.45) is 23.7 Å². The summed E-state index contributed by atoms with van der Waals surface area (Å²) in [5.41, 5.74) is 2.34. The lowest BCUT2D eigenvalue weighted by atomic mass is 9.89. The SMILES string of the molecule is C=S=C(N[C@@H](CC1C=CC=CC1)C(=O)OC)[C@H](C)[C@@H](OC)[C@@H]1CCCN1C(=O)C[C@@H](OC)[C@H]([C@@H](C)CC)N(C)C(=O)C(C=C(C)C)NC(=O)[C@H](C(C)C)N(C)Cc1cccc(NC(=O)CCCCCN2C(=O)C=CC2=O)c1. The smallest absolute Gasteiger partial charge is 0.323 e. The number of nitrogens with one attached hydrogen (secondary N) is 3. The topological polar surface area (TPSA) is 196 Å². The van der Waals surface area contributed by atoms with Crippen LogP contribution >= 0.6 is 10.9 Å². The lowest BCUT2D eigenvalue weighted by molar-refractivity contribution is -0.145. The highest BCUT2D eigenvalue weighted by molar-refractivity contribution is 7.96. The van der Waals surface area contributed by atoms with E-state index in [9.17, 15) is 33.6 Å². The van der Waals surface area contributed by atoms with E-state index in [2.05, 4.69) is 34.0 Å². The van der Waals surface area contributed by atoms with Crippen LogP contribution in [0.3, 0.4) is 0 Å². The predicted octanol–water partition coefficient (Wildman–Crippen LogP) is 6.89. The maximum atomic E-state index is 14.9. The third-order valence-corrected chi connectivity index (χ3v) is 15.9. The zero-order valence-corrected chi connectivity index (χ0v) is 48.7. The first kappa shape index (κ1) is 64.0. The molecule has 0 bridgehead atoms. The number of unbranched alkanes of at least 4 members (excludes halogenated alkanes) is 2. The molecule has 3 N–H and O–H groups in total. The van der Waals surface area contributed by atoms with Gasteiger partial charge in [-0.1, -0.05) is 95.5 Å². The summed E-state index contributed by atoms with van der Waals surface area (Å²) in [6, 6.07) is 4.42. The molecule has 18 heteroatoms. The number of ether oxygens (including phenoxy) is 3. The third-order valence-electron chi connectivity index (χ3n) is 15.1. The number of hydrogen-bond donors (Lipinski definition) is 3. The van der Waals surface area contributed by atoms with Gasteiger partial charge in [-0.15, -0.1) is 10.9 Å². The minimum absolute atomic E-state index is 0.00715. The Morgan fingerprint density at radius 3 is 2.26 bits per heavy atom. The fraction of sp³-hybridized carbons (Fsp3) is 0.610. The van der Waals surface area contributed by atoms with Crippen LogP contribution in [0.1, 0.15) is 118 Å². The second-order valence-corrected chi connectivity index (χ2v) is 22.1. The van der Waals surface area contributed by atoms with Crippen LogP contribution in [0, 0.1) is 23.7 Å². The monoisotopic (exact) mass is 1090 g/mol. The number of likely N-dealkylation sites (N-methyl/N-ethyl adjacent to an activating group) is 2. The predicted molar refractivity (Wildman–Crippen MR) is 307 cm³/mol. The number of likely N-dealkylation sites (tertiary alicyclic amines) is 1. The summed E-state index contributed by atoms with van der Waals surface area (Å²) in [4.78, 5) is 101. The van der Waals surface area contributed by atoms with Gasteiger partial charge in [0.05, 0.1) is 48.9 Å². The van der Waals surface area contributed by atoms with Crippen LogP contribution in [0.15, 0.2) is 72.4 Å². The summed E-state index contributed by atoms with van der Waals surface area (Å²) in [6.45, 7) is 15.0. The van der Waals surface area contributed by atoms with Crippen molar-refractivity contribution in [3.05, 3.63) is 77.9 Å². The molecule has 77 heavy (non-hydrogen) atoms. The Labute approximate surface area is 462 Å². The molecular weight excluding hydrogens is 999 g/mol. The number of imide groups is 1. The maximum Gasteiger partial charge on any atom is 0.323 e. The van der Waals surface area contributed by atoms with Crippen LogP contribution in [0.2, 0.25) is 0 Å². The van der Waals surface area contributed by atoms with Crippen molar-refractivity contribution >= 4 is 68.9 Å². The molecule has 2 unspecified atom stereocenters. The molecule has 426 valence electrons. The number of carbonyl (C=O) groups is 7. The van der Waals surface area contributed by atoms with Crippen molar-refractivity contribution in [2.45, 2.75) is 162 Å². The van der Waals surface area contributed by atoms with Crippen molar-refractivity contribution in [1.29, 1.82) is 0 Å². The summed E-state index contributed by atoms with van der Waals surface area (Å²) in [7, 11) is 9.46. The van der Waals surface area contributed by atoms with Gasteiger partial charge in [0.2, 0.25) is 23.6 Å². The van der Waals surface area contributed by atoms with E-state index in [1.165, 1.54) is 35.1 Å². The zero-order chi connectivity index (χ0) is 56.9. The van der Waals surface area contributed by atoms with E-state index in [4.69, 9.17) is 14.2 Å². The molecule has 0 spiro atoms. The molecule has 0 saturated carbocycles. The standard InChI is InChI=1S/C59H89N7O10S/c1-14-40(6)54(48(74-10)36-52(70)65-32-22-27-47(65)55(75-11)41(7)57(77-13)62-46(59(73)76-12)35-42-23-17-15-18-24-42)64(9)58(72)45(33-38(2)3)61-56(71)53(39(4)5)63(8)37-43-25-21-26-44(34-43)60-49(67)28-19-16-20-31-66-50(68)29-30-51(66)69/h15,17-18,21,23,25-26,29-30,33-34,39-42,45-48,53-55,62H,13-14,16,19-20,22,24,27-28,31-32,35-37H2,1-12H3,(H,60,67)(H,61,71)/t40-,41+,42?,45?,46-,47-,48+,53-,54-,55+/m0/s1. The van der Waals surface area contributed by atoms with E-state index in [-0.39, 0.29) is 84.0 Å². The zero-order valence-electron chi connectivity index (χ0n) is 47.9. The number of carbonyl (C=O) groups excluding carboxylic acids is 7. The molecule has 2 heterocycles. The summed E-state index contributed by atoms with van der Waals surface area (Å²) < 4.78 is 17.6. The van der Waals surface area contributed by atoms with Gasteiger partial charge in [-0.3, -0.25) is 48.7 Å². The van der Waals surface area contributed by atoms with Gasteiger partial charge in [0, 0.05) is 71.1 Å². The van der Waals surface area contributed by atoms with E-state index >= 15 is 0 Å². The van der Waals surface area contributed by atoms with Crippen LogP contribution in [-0.4, -0.2) is 163 Å². The summed E-state index contributed by atoms with van der Waals surface area (Å²) >= 11 is 0. The summed E-state index contributed by atoms with van der Waals surface area (Å²) in [6.07, 6.45) is 17.1. The van der Waals surface area contributed by atoms with Gasteiger partial charge in [-0.05, 0) is 101 Å². The van der Waals surface area contributed by atoms with Crippen LogP contribution in [0.25, 0.3) is 0 Å². The van der Waals surface area contributed by atoms with Gasteiger partial charge in [-0.2, -0.15) is 0 Å². The van der Waals surface area contributed by atoms with Gasteiger partial charge in [0.25, 0.3) is 11.8 Å². The van der Waals surface area contributed by atoms with E-state index in [0.717, 1.165) is 29.0 Å². The van der Waals surface area contributed by atoms with Crippen molar-refractivity contribution in [3.63, 3.8) is 0 Å². The molecule has 6 amide bonds. The van der Waals surface area contributed by atoms with E-state index in [1.54, 1.807) is 32.2 Å². The highest BCUT2D eigenvalue weighted by Crippen LogP contribution is 2.31. The Kier molecular flexibility index (Phi) is 26.4. The average molecular weight is 1090 g/mol. The molecule has 2 aliphatic heterocycles. The van der Waals surface area contributed by atoms with Crippen LogP contribution in [-0.2, 0) is 54.3 Å². The Hall–Kier alpha value is -5.53. The molecule has 1 saturated heterocycles. The number of hydrogen-bond acceptors (Lipinski definition) is 11. The number of rotatable bonds is 30. The number of amides is 6. The molecule has 1 fully saturated rings. The van der Waals surface area contributed by atoms with Crippen molar-refractivity contribution in [3.8, 4) is 0 Å². The molecule has 3 aliphatic rings. The second kappa shape index (κ2) is 31.8. The fourth-order valence-corrected chi connectivity index (χ4v) is 11.6. The van der Waals surface area contributed by atoms with Gasteiger partial charge < -0.3 is 34.6 Å². The number of allylic oxidation sites excluding steroid dienone is 5. The molecule has 1 aromatic carbocycles. The molecule has 1 aliphatic carbocycles. The minimum atomic E-state index is -1.01. The number of benzene rings is 1. The fourth-order valence-electron chi connectivity index (χ4n) is 11.0. The quantitative estimate of drug-likeness (QED) is 0.0238. The van der Waals surface area contributed by atoms with Crippen molar-refractivity contribution < 1.29 is 47.8 Å². The third kappa shape index (κ3) is 18.5. The van der Waals surface area contributed by atoms with E-state index in [0.29, 0.717) is 63.8 Å². The molecular formula is C59H89N7O10S. The second-order valence-electron chi connectivity index (χ2n) is 21.4. The average Bonchev–Trinajstić information content (AvgIpc) is 4.02. The maximum absolute atomic E-state index is 14.9. The van der Waals surface area contributed by atoms with Gasteiger partial charge in [0.15, 0.2) is 0 Å².